The van der Waals surface area contributed by atoms with Gasteiger partial charge in [0.15, 0.2) is 0 Å². The summed E-state index contributed by atoms with van der Waals surface area (Å²) in [7, 11) is 0. The van der Waals surface area contributed by atoms with Crippen molar-refractivity contribution in [2.24, 2.45) is 5.92 Å². The van der Waals surface area contributed by atoms with E-state index in [0.717, 1.165) is 12.0 Å². The molecular weight excluding hydrogens is 382 g/mol. The van der Waals surface area contributed by atoms with E-state index in [1.54, 1.807) is 0 Å². The van der Waals surface area contributed by atoms with Crippen LogP contribution in [-0.2, 0) is 16.8 Å². The molecule has 2 atom stereocenters. The maximum atomic E-state index is 13.3. The van der Waals surface area contributed by atoms with Crippen LogP contribution >= 0.6 is 0 Å². The Kier molecular flexibility index (Phi) is 6.22. The number of hydrogen-bond donors (Lipinski definition) is 0. The van der Waals surface area contributed by atoms with Crippen molar-refractivity contribution in [3.8, 4) is 0 Å². The lowest BCUT2D eigenvalue weighted by atomic mass is 9.65. The van der Waals surface area contributed by atoms with Crippen LogP contribution in [0, 0.1) is 5.92 Å². The van der Waals surface area contributed by atoms with E-state index in [1.807, 2.05) is 53.4 Å². The van der Waals surface area contributed by atoms with Gasteiger partial charge in [0, 0.05) is 12.0 Å². The van der Waals surface area contributed by atoms with Gasteiger partial charge in [-0.3, -0.25) is 0 Å². The third-order valence-electron chi connectivity index (χ3n) is 6.39. The highest BCUT2D eigenvalue weighted by atomic mass is 16.6. The van der Waals surface area contributed by atoms with E-state index < -0.39 is 0 Å². The number of nitrogens with zero attached hydrogens (tertiary/aromatic N) is 1. The maximum absolute atomic E-state index is 13.3. The number of ether oxygens (including phenoxy) is 1. The fraction of sp³-hybridized carbons (Fsp3) is 0.250. The summed E-state index contributed by atoms with van der Waals surface area (Å²) in [6.45, 7) is 7.04. The van der Waals surface area contributed by atoms with Crippen molar-refractivity contribution in [2.75, 3.05) is 6.54 Å². The zero-order chi connectivity index (χ0) is 21.7. The predicted molar refractivity (Wildman–Crippen MR) is 125 cm³/mol. The Balaban J connectivity index is 1.69. The normalized spacial score (nSPS) is 20.1. The molecule has 0 saturated carbocycles. The van der Waals surface area contributed by atoms with Crippen molar-refractivity contribution in [1.82, 2.24) is 4.90 Å². The highest BCUT2D eigenvalue weighted by Gasteiger charge is 2.46. The number of carbonyl (C=O) groups is 1. The van der Waals surface area contributed by atoms with Crippen molar-refractivity contribution >= 4 is 6.09 Å². The van der Waals surface area contributed by atoms with Crippen LogP contribution in [0.3, 0.4) is 0 Å². The number of carbonyl (C=O) groups excluding carboxylic acids is 1. The molecule has 0 unspecified atom stereocenters. The van der Waals surface area contributed by atoms with Crippen LogP contribution in [0.15, 0.2) is 104 Å². The first kappa shape index (κ1) is 20.9. The molecule has 31 heavy (non-hydrogen) atoms. The number of benzene rings is 3. The maximum Gasteiger partial charge on any atom is 0.410 e. The summed E-state index contributed by atoms with van der Waals surface area (Å²) >= 11 is 0. The van der Waals surface area contributed by atoms with Gasteiger partial charge in [-0.1, -0.05) is 104 Å². The summed E-state index contributed by atoms with van der Waals surface area (Å²) in [5, 5.41) is 0. The average molecular weight is 412 g/mol. The molecule has 1 fully saturated rings. The lowest BCUT2D eigenvalue weighted by molar-refractivity contribution is 0.0460. The SMILES string of the molecule is C=C[C@H]1[C@@H](C)CC(c2ccccc2)(c2ccccc2)CN1C(=O)OCc1ccccc1. The number of likely N-dealkylation sites (tertiary alicyclic amines) is 1. The van der Waals surface area contributed by atoms with Gasteiger partial charge in [0.05, 0.1) is 6.04 Å². The van der Waals surface area contributed by atoms with Gasteiger partial charge in [0.2, 0.25) is 0 Å². The summed E-state index contributed by atoms with van der Waals surface area (Å²) in [6.07, 6.45) is 2.52. The molecule has 0 aliphatic carbocycles. The number of hydrogen-bond acceptors (Lipinski definition) is 2. The minimum absolute atomic E-state index is 0.0659. The van der Waals surface area contributed by atoms with E-state index in [-0.39, 0.29) is 30.1 Å². The van der Waals surface area contributed by atoms with E-state index in [2.05, 4.69) is 62.0 Å². The Hall–Kier alpha value is -3.33. The minimum Gasteiger partial charge on any atom is -0.445 e. The third kappa shape index (κ3) is 4.27. The van der Waals surface area contributed by atoms with Gasteiger partial charge in [-0.25, -0.2) is 4.79 Å². The van der Waals surface area contributed by atoms with Gasteiger partial charge < -0.3 is 9.64 Å². The van der Waals surface area contributed by atoms with Crippen molar-refractivity contribution < 1.29 is 9.53 Å². The predicted octanol–water partition coefficient (Wildman–Crippen LogP) is 6.21. The Bertz CT molecular complexity index is 961. The zero-order valence-electron chi connectivity index (χ0n) is 18.0. The van der Waals surface area contributed by atoms with Crippen LogP contribution in [0.1, 0.15) is 30.0 Å². The summed E-state index contributed by atoms with van der Waals surface area (Å²) < 4.78 is 5.75. The van der Waals surface area contributed by atoms with Gasteiger partial charge in [0.1, 0.15) is 6.61 Å². The average Bonchev–Trinajstić information content (AvgIpc) is 2.83. The molecule has 0 N–H and O–H groups in total. The summed E-state index contributed by atoms with van der Waals surface area (Å²) in [5.41, 5.74) is 3.12. The van der Waals surface area contributed by atoms with Crippen LogP contribution in [0.5, 0.6) is 0 Å². The van der Waals surface area contributed by atoms with Crippen molar-refractivity contribution in [3.05, 3.63) is 120 Å². The molecular formula is C28H29NO2. The van der Waals surface area contributed by atoms with Crippen LogP contribution in [0.25, 0.3) is 0 Å². The van der Waals surface area contributed by atoms with Gasteiger partial charge in [-0.05, 0) is 29.0 Å². The molecule has 0 aromatic heterocycles. The minimum atomic E-state index is -0.298. The van der Waals surface area contributed by atoms with Gasteiger partial charge in [-0.2, -0.15) is 0 Å². The van der Waals surface area contributed by atoms with E-state index in [9.17, 15) is 4.79 Å². The summed E-state index contributed by atoms with van der Waals surface area (Å²) in [6, 6.07) is 30.8. The molecule has 158 valence electrons. The van der Waals surface area contributed by atoms with E-state index in [1.165, 1.54) is 11.1 Å². The second kappa shape index (κ2) is 9.22. The molecule has 0 radical (unpaired) electrons. The molecule has 4 rings (SSSR count). The second-order valence-corrected chi connectivity index (χ2v) is 8.39. The summed E-state index contributed by atoms with van der Waals surface area (Å²) in [4.78, 5) is 15.2. The first-order chi connectivity index (χ1) is 15.1. The molecule has 1 heterocycles. The third-order valence-corrected chi connectivity index (χ3v) is 6.39. The van der Waals surface area contributed by atoms with E-state index >= 15 is 0 Å². The Morgan fingerprint density at radius 1 is 0.968 bits per heavy atom. The molecule has 0 spiro atoms. The summed E-state index contributed by atoms with van der Waals surface area (Å²) in [5.74, 6) is 0.232. The van der Waals surface area contributed by atoms with Crippen LogP contribution in [0.4, 0.5) is 4.79 Å². The Morgan fingerprint density at radius 3 is 2.00 bits per heavy atom. The standard InChI is InChI=1S/C28H29NO2/c1-3-26-22(2)19-28(24-15-9-5-10-16-24,25-17-11-6-12-18-25)21-29(26)27(30)31-20-23-13-7-4-8-14-23/h3-18,22,26H,1,19-21H2,2H3/t22-,26-/m0/s1. The van der Waals surface area contributed by atoms with Gasteiger partial charge >= 0.3 is 6.09 Å². The molecule has 1 aliphatic rings. The van der Waals surface area contributed by atoms with Crippen LogP contribution in [0.2, 0.25) is 0 Å². The van der Waals surface area contributed by atoms with E-state index in [4.69, 9.17) is 4.74 Å². The van der Waals surface area contributed by atoms with Crippen molar-refractivity contribution in [1.29, 1.82) is 0 Å². The quantitative estimate of drug-likeness (QED) is 0.467. The van der Waals surface area contributed by atoms with Gasteiger partial charge in [-0.15, -0.1) is 6.58 Å². The first-order valence-electron chi connectivity index (χ1n) is 10.8. The Labute approximate surface area is 185 Å². The monoisotopic (exact) mass is 411 g/mol. The molecule has 3 heteroatoms. The fourth-order valence-electron chi connectivity index (χ4n) is 4.89. The highest BCUT2D eigenvalue weighted by Crippen LogP contribution is 2.44. The molecule has 1 aliphatic heterocycles. The Morgan fingerprint density at radius 2 is 1.48 bits per heavy atom. The van der Waals surface area contributed by atoms with Crippen LogP contribution in [-0.4, -0.2) is 23.6 Å². The highest BCUT2D eigenvalue weighted by molar-refractivity contribution is 5.69. The number of piperidine rings is 1. The first-order valence-corrected chi connectivity index (χ1v) is 10.8. The molecule has 1 saturated heterocycles. The second-order valence-electron chi connectivity index (χ2n) is 8.39. The molecule has 3 aromatic carbocycles. The lowest BCUT2D eigenvalue weighted by Crippen LogP contribution is -2.56. The van der Waals surface area contributed by atoms with E-state index in [0.29, 0.717) is 6.54 Å². The zero-order valence-corrected chi connectivity index (χ0v) is 18.0. The fourth-order valence-corrected chi connectivity index (χ4v) is 4.89. The van der Waals surface area contributed by atoms with Gasteiger partial charge in [0.25, 0.3) is 0 Å². The molecule has 0 bridgehead atoms. The van der Waals surface area contributed by atoms with Crippen molar-refractivity contribution in [3.63, 3.8) is 0 Å². The smallest absolute Gasteiger partial charge is 0.410 e. The number of amides is 1. The lowest BCUT2D eigenvalue weighted by Gasteiger charge is -2.49. The topological polar surface area (TPSA) is 29.5 Å². The largest absolute Gasteiger partial charge is 0.445 e. The molecule has 1 amide bonds. The molecule has 3 nitrogen and oxygen atoms in total. The van der Waals surface area contributed by atoms with Crippen LogP contribution < -0.4 is 0 Å². The molecule has 3 aromatic rings. The van der Waals surface area contributed by atoms with Crippen molar-refractivity contribution in [2.45, 2.75) is 31.4 Å². The number of rotatable bonds is 5.